The van der Waals surface area contributed by atoms with Crippen LogP contribution in [-0.4, -0.2) is 12.6 Å². The Balaban J connectivity index is 2.43. The van der Waals surface area contributed by atoms with Crippen LogP contribution in [0.3, 0.4) is 0 Å². The van der Waals surface area contributed by atoms with E-state index in [0.29, 0.717) is 12.1 Å². The molecule has 2 amide bonds. The van der Waals surface area contributed by atoms with Crippen molar-refractivity contribution in [3.8, 4) is 0 Å². The minimum Gasteiger partial charge on any atom is -0.338 e. The van der Waals surface area contributed by atoms with Crippen LogP contribution in [0.1, 0.15) is 38.3 Å². The first kappa shape index (κ1) is 17.3. The molecule has 118 valence electrons. The van der Waals surface area contributed by atoms with Crippen molar-refractivity contribution in [1.29, 1.82) is 0 Å². The molecule has 0 aliphatic heterocycles. The van der Waals surface area contributed by atoms with Crippen molar-refractivity contribution in [1.82, 2.24) is 10.6 Å². The molecule has 0 bridgehead atoms. The Labute approximate surface area is 122 Å². The average molecular weight is 302 g/mol. The zero-order valence-electron chi connectivity index (χ0n) is 12.5. The van der Waals surface area contributed by atoms with Gasteiger partial charge in [0.1, 0.15) is 0 Å². The van der Waals surface area contributed by atoms with Gasteiger partial charge < -0.3 is 10.6 Å². The summed E-state index contributed by atoms with van der Waals surface area (Å²) in [6.07, 6.45) is -3.55. The number of hydrogen-bond acceptors (Lipinski definition) is 1. The summed E-state index contributed by atoms with van der Waals surface area (Å²) in [7, 11) is 0. The molecule has 0 saturated carbocycles. The normalized spacial score (nSPS) is 12.1. The number of halogens is 3. The Kier molecular flexibility index (Phi) is 5.63. The summed E-state index contributed by atoms with van der Waals surface area (Å²) in [5, 5.41) is 5.23. The van der Waals surface area contributed by atoms with Gasteiger partial charge in [-0.15, -0.1) is 0 Å². The van der Waals surface area contributed by atoms with Gasteiger partial charge in [-0.05, 0) is 29.5 Å². The standard InChI is InChI=1S/C15H21F3N2O/c1-14(2,3)7-8-19-13(21)20-10-11-5-4-6-12(9-11)15(16,17)18/h4-6,9H,7-8,10H2,1-3H3,(H2,19,20,21). The van der Waals surface area contributed by atoms with E-state index in [1.165, 1.54) is 6.07 Å². The summed E-state index contributed by atoms with van der Waals surface area (Å²) in [6.45, 7) is 6.78. The Bertz CT molecular complexity index is 479. The molecular weight excluding hydrogens is 281 g/mol. The number of alkyl halides is 3. The maximum Gasteiger partial charge on any atom is 0.416 e. The average Bonchev–Trinajstić information content (AvgIpc) is 2.34. The number of carbonyl (C=O) groups excluding carboxylic acids is 1. The Morgan fingerprint density at radius 3 is 2.38 bits per heavy atom. The topological polar surface area (TPSA) is 41.1 Å². The van der Waals surface area contributed by atoms with E-state index in [1.807, 2.05) is 0 Å². The molecule has 0 fully saturated rings. The third-order valence-corrected chi connectivity index (χ3v) is 2.87. The van der Waals surface area contributed by atoms with Gasteiger partial charge in [-0.25, -0.2) is 4.79 Å². The molecule has 0 atom stereocenters. The van der Waals surface area contributed by atoms with Crippen LogP contribution >= 0.6 is 0 Å². The molecule has 2 N–H and O–H groups in total. The lowest BCUT2D eigenvalue weighted by molar-refractivity contribution is -0.137. The van der Waals surface area contributed by atoms with Crippen LogP contribution in [0.4, 0.5) is 18.0 Å². The van der Waals surface area contributed by atoms with Gasteiger partial charge >= 0.3 is 12.2 Å². The highest BCUT2D eigenvalue weighted by molar-refractivity contribution is 5.73. The fourth-order valence-electron chi connectivity index (χ4n) is 1.65. The minimum absolute atomic E-state index is 0.0608. The highest BCUT2D eigenvalue weighted by Crippen LogP contribution is 2.29. The van der Waals surface area contributed by atoms with E-state index in [1.54, 1.807) is 6.07 Å². The second kappa shape index (κ2) is 6.83. The molecule has 1 aromatic rings. The van der Waals surface area contributed by atoms with Crippen LogP contribution in [0.15, 0.2) is 24.3 Å². The molecule has 1 aromatic carbocycles. The Morgan fingerprint density at radius 1 is 1.14 bits per heavy atom. The minimum atomic E-state index is -4.37. The Morgan fingerprint density at radius 2 is 1.81 bits per heavy atom. The summed E-state index contributed by atoms with van der Waals surface area (Å²) >= 11 is 0. The van der Waals surface area contributed by atoms with Crippen molar-refractivity contribution in [2.24, 2.45) is 5.41 Å². The quantitative estimate of drug-likeness (QED) is 0.869. The second-order valence-corrected chi connectivity index (χ2v) is 6.12. The van der Waals surface area contributed by atoms with Crippen LogP contribution in [0.5, 0.6) is 0 Å². The lowest BCUT2D eigenvalue weighted by Crippen LogP contribution is -2.36. The molecule has 21 heavy (non-hydrogen) atoms. The van der Waals surface area contributed by atoms with E-state index in [9.17, 15) is 18.0 Å². The largest absolute Gasteiger partial charge is 0.416 e. The van der Waals surface area contributed by atoms with E-state index in [4.69, 9.17) is 0 Å². The zero-order valence-corrected chi connectivity index (χ0v) is 12.5. The first-order chi connectivity index (χ1) is 9.58. The molecule has 3 nitrogen and oxygen atoms in total. The molecule has 0 saturated heterocycles. The molecule has 6 heteroatoms. The SMILES string of the molecule is CC(C)(C)CCNC(=O)NCc1cccc(C(F)(F)F)c1. The van der Waals surface area contributed by atoms with E-state index in [0.717, 1.165) is 18.6 Å². The maximum absolute atomic E-state index is 12.5. The summed E-state index contributed by atoms with van der Waals surface area (Å²) in [4.78, 5) is 11.5. The van der Waals surface area contributed by atoms with Crippen molar-refractivity contribution in [2.75, 3.05) is 6.54 Å². The molecule has 0 unspecified atom stereocenters. The molecule has 0 aliphatic carbocycles. The van der Waals surface area contributed by atoms with Gasteiger partial charge in [-0.1, -0.05) is 32.9 Å². The molecule has 1 rings (SSSR count). The van der Waals surface area contributed by atoms with Crippen LogP contribution < -0.4 is 10.6 Å². The zero-order chi connectivity index (χ0) is 16.1. The van der Waals surface area contributed by atoms with Gasteiger partial charge in [0.15, 0.2) is 0 Å². The van der Waals surface area contributed by atoms with Crippen molar-refractivity contribution in [2.45, 2.75) is 39.9 Å². The summed E-state index contributed by atoms with van der Waals surface area (Å²) in [5.74, 6) is 0. The van der Waals surface area contributed by atoms with Gasteiger partial charge in [-0.2, -0.15) is 13.2 Å². The van der Waals surface area contributed by atoms with E-state index >= 15 is 0 Å². The fraction of sp³-hybridized carbons (Fsp3) is 0.533. The van der Waals surface area contributed by atoms with Crippen molar-refractivity contribution in [3.05, 3.63) is 35.4 Å². The van der Waals surface area contributed by atoms with Gasteiger partial charge in [0.25, 0.3) is 0 Å². The van der Waals surface area contributed by atoms with E-state index in [-0.39, 0.29) is 18.0 Å². The number of rotatable bonds is 4. The number of carbonyl (C=O) groups is 1. The fourth-order valence-corrected chi connectivity index (χ4v) is 1.65. The third-order valence-electron chi connectivity index (χ3n) is 2.87. The van der Waals surface area contributed by atoms with Gasteiger partial charge in [0.05, 0.1) is 5.56 Å². The molecule has 0 heterocycles. The highest BCUT2D eigenvalue weighted by Gasteiger charge is 2.30. The first-order valence-electron chi connectivity index (χ1n) is 6.76. The predicted octanol–water partition coefficient (Wildman–Crippen LogP) is 3.94. The van der Waals surface area contributed by atoms with Crippen LogP contribution in [-0.2, 0) is 12.7 Å². The number of nitrogens with one attached hydrogen (secondary N) is 2. The van der Waals surface area contributed by atoms with Crippen LogP contribution in [0.25, 0.3) is 0 Å². The van der Waals surface area contributed by atoms with Gasteiger partial charge in [-0.3, -0.25) is 0 Å². The summed E-state index contributed by atoms with van der Waals surface area (Å²) in [5.41, 5.74) is -0.181. The smallest absolute Gasteiger partial charge is 0.338 e. The summed E-state index contributed by atoms with van der Waals surface area (Å²) in [6, 6.07) is 4.54. The molecule has 0 spiro atoms. The molecule has 0 aliphatic rings. The molecule has 0 radical (unpaired) electrons. The lowest BCUT2D eigenvalue weighted by Gasteiger charge is -2.18. The summed E-state index contributed by atoms with van der Waals surface area (Å²) < 4.78 is 37.6. The number of amides is 2. The highest BCUT2D eigenvalue weighted by atomic mass is 19.4. The number of hydrogen-bond donors (Lipinski definition) is 2. The lowest BCUT2D eigenvalue weighted by atomic mass is 9.92. The second-order valence-electron chi connectivity index (χ2n) is 6.12. The monoisotopic (exact) mass is 302 g/mol. The van der Waals surface area contributed by atoms with Gasteiger partial charge in [0, 0.05) is 13.1 Å². The van der Waals surface area contributed by atoms with E-state index < -0.39 is 11.7 Å². The molecule has 0 aromatic heterocycles. The van der Waals surface area contributed by atoms with Crippen LogP contribution in [0.2, 0.25) is 0 Å². The Hall–Kier alpha value is -1.72. The van der Waals surface area contributed by atoms with Crippen molar-refractivity contribution in [3.63, 3.8) is 0 Å². The number of urea groups is 1. The molecular formula is C15H21F3N2O. The van der Waals surface area contributed by atoms with E-state index in [2.05, 4.69) is 31.4 Å². The van der Waals surface area contributed by atoms with Crippen molar-refractivity contribution < 1.29 is 18.0 Å². The van der Waals surface area contributed by atoms with Gasteiger partial charge in [0.2, 0.25) is 0 Å². The maximum atomic E-state index is 12.5. The number of benzene rings is 1. The first-order valence-corrected chi connectivity index (χ1v) is 6.76. The predicted molar refractivity (Wildman–Crippen MR) is 75.8 cm³/mol. The van der Waals surface area contributed by atoms with Crippen LogP contribution in [0, 0.1) is 5.41 Å². The third kappa shape index (κ3) is 7.02. The van der Waals surface area contributed by atoms with Crippen molar-refractivity contribution >= 4 is 6.03 Å².